The van der Waals surface area contributed by atoms with Crippen molar-refractivity contribution in [2.45, 2.75) is 57.5 Å². The summed E-state index contributed by atoms with van der Waals surface area (Å²) in [6, 6.07) is 7.63. The molecule has 0 saturated carbocycles. The molecule has 1 aromatic heterocycles. The highest BCUT2D eigenvalue weighted by atomic mass is 32.2. The standard InChI is InChI=1S/C18H26N4O3S/c1-5-13(3)21-26(24,25)16-9-7-15(8-10-16)18(23)20-17-11-12-19-22(17)14(4)6-2/h7-14,21H,5-6H2,1-4H3,(H,20,23). The number of carbonyl (C=O) groups is 1. The minimum Gasteiger partial charge on any atom is -0.307 e. The number of rotatable bonds is 8. The molecular weight excluding hydrogens is 352 g/mol. The fourth-order valence-electron chi connectivity index (χ4n) is 2.33. The normalized spacial score (nSPS) is 14.0. The Balaban J connectivity index is 2.13. The Morgan fingerprint density at radius 2 is 1.77 bits per heavy atom. The molecule has 2 atom stereocenters. The first kappa shape index (κ1) is 20.1. The summed E-state index contributed by atoms with van der Waals surface area (Å²) in [5, 5.41) is 7.05. The summed E-state index contributed by atoms with van der Waals surface area (Å²) in [5.74, 6) is 0.299. The minimum atomic E-state index is -3.58. The Bertz CT molecular complexity index is 844. The van der Waals surface area contributed by atoms with Gasteiger partial charge in [0.1, 0.15) is 5.82 Å². The van der Waals surface area contributed by atoms with E-state index in [4.69, 9.17) is 0 Å². The van der Waals surface area contributed by atoms with E-state index in [9.17, 15) is 13.2 Å². The van der Waals surface area contributed by atoms with Crippen LogP contribution in [0.15, 0.2) is 41.4 Å². The Labute approximate surface area is 154 Å². The second-order valence-electron chi connectivity index (χ2n) is 6.33. The van der Waals surface area contributed by atoms with Crippen LogP contribution in [0.1, 0.15) is 56.9 Å². The van der Waals surface area contributed by atoms with Crippen LogP contribution in [-0.4, -0.2) is 30.1 Å². The number of hydrogen-bond acceptors (Lipinski definition) is 4. The van der Waals surface area contributed by atoms with Gasteiger partial charge >= 0.3 is 0 Å². The number of sulfonamides is 1. The highest BCUT2D eigenvalue weighted by Gasteiger charge is 2.18. The first-order valence-electron chi connectivity index (χ1n) is 8.75. The predicted octanol–water partition coefficient (Wildman–Crippen LogP) is 3.18. The van der Waals surface area contributed by atoms with E-state index in [0.29, 0.717) is 17.8 Å². The van der Waals surface area contributed by atoms with E-state index in [1.54, 1.807) is 23.9 Å². The topological polar surface area (TPSA) is 93.1 Å². The number of anilines is 1. The van der Waals surface area contributed by atoms with Crippen LogP contribution in [0, 0.1) is 0 Å². The van der Waals surface area contributed by atoms with Crippen molar-refractivity contribution in [2.75, 3.05) is 5.32 Å². The van der Waals surface area contributed by atoms with Gasteiger partial charge in [-0.3, -0.25) is 4.79 Å². The molecule has 1 amide bonds. The van der Waals surface area contributed by atoms with Gasteiger partial charge in [0.2, 0.25) is 10.0 Å². The van der Waals surface area contributed by atoms with Gasteiger partial charge < -0.3 is 5.32 Å². The van der Waals surface area contributed by atoms with Crippen molar-refractivity contribution >= 4 is 21.7 Å². The molecule has 2 unspecified atom stereocenters. The molecule has 0 radical (unpaired) electrons. The van der Waals surface area contributed by atoms with Gasteiger partial charge in [-0.15, -0.1) is 0 Å². The molecule has 0 aliphatic rings. The van der Waals surface area contributed by atoms with Gasteiger partial charge in [0.05, 0.1) is 17.1 Å². The Hall–Kier alpha value is -2.19. The number of benzene rings is 1. The lowest BCUT2D eigenvalue weighted by Crippen LogP contribution is -2.32. The maximum absolute atomic E-state index is 12.4. The molecule has 0 saturated heterocycles. The molecule has 0 aliphatic carbocycles. The summed E-state index contributed by atoms with van der Waals surface area (Å²) < 4.78 is 28.9. The highest BCUT2D eigenvalue weighted by molar-refractivity contribution is 7.89. The molecule has 8 heteroatoms. The first-order valence-corrected chi connectivity index (χ1v) is 10.2. The van der Waals surface area contributed by atoms with Gasteiger partial charge in [-0.2, -0.15) is 5.10 Å². The van der Waals surface area contributed by atoms with Crippen molar-refractivity contribution in [1.29, 1.82) is 0 Å². The van der Waals surface area contributed by atoms with Crippen molar-refractivity contribution < 1.29 is 13.2 Å². The lowest BCUT2D eigenvalue weighted by atomic mass is 10.2. The predicted molar refractivity (Wildman–Crippen MR) is 102 cm³/mol. The molecule has 0 aliphatic heterocycles. The van der Waals surface area contributed by atoms with E-state index in [2.05, 4.69) is 15.1 Å². The second-order valence-corrected chi connectivity index (χ2v) is 8.04. The number of nitrogens with one attached hydrogen (secondary N) is 2. The van der Waals surface area contributed by atoms with E-state index >= 15 is 0 Å². The summed E-state index contributed by atoms with van der Waals surface area (Å²) in [5.41, 5.74) is 0.379. The zero-order chi connectivity index (χ0) is 19.3. The number of amides is 1. The van der Waals surface area contributed by atoms with Crippen LogP contribution in [-0.2, 0) is 10.0 Å². The maximum atomic E-state index is 12.4. The van der Waals surface area contributed by atoms with E-state index in [-0.39, 0.29) is 22.9 Å². The molecule has 2 rings (SSSR count). The smallest absolute Gasteiger partial charge is 0.256 e. The number of hydrogen-bond donors (Lipinski definition) is 2. The number of aromatic nitrogens is 2. The average Bonchev–Trinajstić information content (AvgIpc) is 3.08. The molecule has 0 fully saturated rings. The highest BCUT2D eigenvalue weighted by Crippen LogP contribution is 2.18. The third-order valence-electron chi connectivity index (χ3n) is 4.32. The molecule has 0 spiro atoms. The van der Waals surface area contributed by atoms with Gasteiger partial charge in [-0.25, -0.2) is 17.8 Å². The van der Waals surface area contributed by atoms with Crippen LogP contribution in [0.3, 0.4) is 0 Å². The van der Waals surface area contributed by atoms with Crippen molar-refractivity contribution in [3.05, 3.63) is 42.1 Å². The Morgan fingerprint density at radius 1 is 1.12 bits per heavy atom. The van der Waals surface area contributed by atoms with Crippen LogP contribution in [0.25, 0.3) is 0 Å². The lowest BCUT2D eigenvalue weighted by Gasteiger charge is -2.14. The van der Waals surface area contributed by atoms with Crippen molar-refractivity contribution in [2.24, 2.45) is 0 Å². The van der Waals surface area contributed by atoms with Gasteiger partial charge in [-0.05, 0) is 51.0 Å². The minimum absolute atomic E-state index is 0.138. The third-order valence-corrected chi connectivity index (χ3v) is 5.92. The summed E-state index contributed by atoms with van der Waals surface area (Å²) in [6.45, 7) is 7.78. The largest absolute Gasteiger partial charge is 0.307 e. The fraction of sp³-hybridized carbons (Fsp3) is 0.444. The summed E-state index contributed by atoms with van der Waals surface area (Å²) >= 11 is 0. The first-order chi connectivity index (χ1) is 12.3. The van der Waals surface area contributed by atoms with Gasteiger partial charge in [-0.1, -0.05) is 13.8 Å². The van der Waals surface area contributed by atoms with Gasteiger partial charge in [0.25, 0.3) is 5.91 Å². The number of nitrogens with zero attached hydrogens (tertiary/aromatic N) is 2. The van der Waals surface area contributed by atoms with Crippen LogP contribution >= 0.6 is 0 Å². The Morgan fingerprint density at radius 3 is 2.35 bits per heavy atom. The monoisotopic (exact) mass is 378 g/mol. The zero-order valence-electron chi connectivity index (χ0n) is 15.6. The lowest BCUT2D eigenvalue weighted by molar-refractivity contribution is 0.102. The van der Waals surface area contributed by atoms with Gasteiger partial charge in [0.15, 0.2) is 0 Å². The van der Waals surface area contributed by atoms with E-state index in [0.717, 1.165) is 6.42 Å². The summed E-state index contributed by atoms with van der Waals surface area (Å²) in [7, 11) is -3.58. The molecule has 7 nitrogen and oxygen atoms in total. The Kier molecular flexibility index (Phi) is 6.55. The van der Waals surface area contributed by atoms with Crippen molar-refractivity contribution in [3.8, 4) is 0 Å². The van der Waals surface area contributed by atoms with Crippen molar-refractivity contribution in [3.63, 3.8) is 0 Å². The maximum Gasteiger partial charge on any atom is 0.256 e. The van der Waals surface area contributed by atoms with E-state index < -0.39 is 10.0 Å². The van der Waals surface area contributed by atoms with Crippen molar-refractivity contribution in [1.82, 2.24) is 14.5 Å². The quantitative estimate of drug-likeness (QED) is 0.738. The summed E-state index contributed by atoms with van der Waals surface area (Å²) in [6.07, 6.45) is 3.22. The fourth-order valence-corrected chi connectivity index (χ4v) is 3.65. The SMILES string of the molecule is CCC(C)NS(=O)(=O)c1ccc(C(=O)Nc2ccnn2C(C)CC)cc1. The molecule has 142 valence electrons. The van der Waals surface area contributed by atoms with Crippen LogP contribution in [0.5, 0.6) is 0 Å². The third kappa shape index (κ3) is 4.70. The zero-order valence-corrected chi connectivity index (χ0v) is 16.4. The van der Waals surface area contributed by atoms with Crippen LogP contribution < -0.4 is 10.0 Å². The molecule has 2 aromatic rings. The molecule has 1 aromatic carbocycles. The summed E-state index contributed by atoms with van der Waals surface area (Å²) in [4.78, 5) is 12.6. The molecule has 0 bridgehead atoms. The van der Waals surface area contributed by atoms with Crippen LogP contribution in [0.2, 0.25) is 0 Å². The number of carbonyl (C=O) groups excluding carboxylic acids is 1. The average molecular weight is 378 g/mol. The van der Waals surface area contributed by atoms with Gasteiger partial charge in [0, 0.05) is 17.7 Å². The molecular formula is C18H26N4O3S. The molecule has 1 heterocycles. The van der Waals surface area contributed by atoms with Crippen LogP contribution in [0.4, 0.5) is 5.82 Å². The molecule has 2 N–H and O–H groups in total. The van der Waals surface area contributed by atoms with E-state index in [1.165, 1.54) is 24.3 Å². The second kappa shape index (κ2) is 8.46. The van der Waals surface area contributed by atoms with E-state index in [1.807, 2.05) is 20.8 Å². The molecule has 26 heavy (non-hydrogen) atoms.